The van der Waals surface area contributed by atoms with E-state index in [2.05, 4.69) is 5.10 Å². The van der Waals surface area contributed by atoms with E-state index in [0.29, 0.717) is 0 Å². The molecule has 0 heterocycles. The summed E-state index contributed by atoms with van der Waals surface area (Å²) in [5.74, 6) is -0.581. The molecule has 0 saturated carbocycles. The lowest BCUT2D eigenvalue weighted by atomic mass is 9.94. The molecule has 0 saturated heterocycles. The van der Waals surface area contributed by atoms with Crippen molar-refractivity contribution in [3.8, 4) is 11.1 Å². The molecular weight excluding hydrogens is 356 g/mol. The van der Waals surface area contributed by atoms with Gasteiger partial charge in [0.25, 0.3) is 0 Å². The SMILES string of the molecule is C[C@H](O)/C(=N\NC(=O)O)c1ccc(-c2ccc(F)cc2)c(C(F)(F)F)c1. The summed E-state index contributed by atoms with van der Waals surface area (Å²) in [6.45, 7) is 1.24. The van der Waals surface area contributed by atoms with E-state index in [-0.39, 0.29) is 22.4 Å². The highest BCUT2D eigenvalue weighted by Gasteiger charge is 2.34. The van der Waals surface area contributed by atoms with Crippen molar-refractivity contribution >= 4 is 11.8 Å². The van der Waals surface area contributed by atoms with E-state index in [0.717, 1.165) is 24.3 Å². The number of amides is 1. The highest BCUT2D eigenvalue weighted by molar-refractivity contribution is 6.04. The number of carbonyl (C=O) groups is 1. The summed E-state index contributed by atoms with van der Waals surface area (Å²) >= 11 is 0. The van der Waals surface area contributed by atoms with Gasteiger partial charge in [0.15, 0.2) is 0 Å². The zero-order valence-corrected chi connectivity index (χ0v) is 13.4. The Morgan fingerprint density at radius 1 is 1.15 bits per heavy atom. The van der Waals surface area contributed by atoms with Gasteiger partial charge in [0.05, 0.1) is 17.4 Å². The Morgan fingerprint density at radius 3 is 2.27 bits per heavy atom. The monoisotopic (exact) mass is 370 g/mol. The fourth-order valence-corrected chi connectivity index (χ4v) is 2.33. The number of hydrogen-bond acceptors (Lipinski definition) is 3. The Balaban J connectivity index is 2.60. The molecule has 2 aromatic carbocycles. The quantitative estimate of drug-likeness (QED) is 0.434. The normalized spacial score (nSPS) is 13.4. The Hall–Kier alpha value is -2.94. The molecule has 5 nitrogen and oxygen atoms in total. The summed E-state index contributed by atoms with van der Waals surface area (Å²) < 4.78 is 53.5. The molecule has 0 bridgehead atoms. The molecule has 9 heteroatoms. The van der Waals surface area contributed by atoms with Gasteiger partial charge in [-0.15, -0.1) is 0 Å². The van der Waals surface area contributed by atoms with E-state index in [4.69, 9.17) is 5.11 Å². The molecule has 2 aromatic rings. The van der Waals surface area contributed by atoms with Crippen molar-refractivity contribution in [1.29, 1.82) is 0 Å². The Bertz CT molecular complexity index is 831. The van der Waals surface area contributed by atoms with Crippen LogP contribution in [0.3, 0.4) is 0 Å². The standard InChI is InChI=1S/C17H14F4N2O3/c1-9(24)15(22-23-16(25)26)11-4-7-13(14(8-11)17(19,20)21)10-2-5-12(18)6-3-10/h2-9,23-24H,1H3,(H,25,26)/b22-15+/t9-/m0/s1. The Kier molecular flexibility index (Phi) is 5.61. The van der Waals surface area contributed by atoms with Crippen LogP contribution in [0.25, 0.3) is 11.1 Å². The van der Waals surface area contributed by atoms with Crippen LogP contribution < -0.4 is 5.43 Å². The van der Waals surface area contributed by atoms with Crippen molar-refractivity contribution in [2.24, 2.45) is 5.10 Å². The number of aliphatic hydroxyl groups is 1. The first-order chi connectivity index (χ1) is 12.1. The number of hydrazone groups is 1. The molecular formula is C17H14F4N2O3. The van der Waals surface area contributed by atoms with Gasteiger partial charge in [-0.05, 0) is 36.2 Å². The van der Waals surface area contributed by atoms with Crippen LogP contribution in [0.4, 0.5) is 22.4 Å². The predicted molar refractivity (Wildman–Crippen MR) is 86.2 cm³/mol. The predicted octanol–water partition coefficient (Wildman–Crippen LogP) is 3.86. The van der Waals surface area contributed by atoms with Gasteiger partial charge in [-0.3, -0.25) is 0 Å². The second-order valence-electron chi connectivity index (χ2n) is 5.35. The third kappa shape index (κ3) is 4.57. The van der Waals surface area contributed by atoms with Crippen molar-refractivity contribution in [2.45, 2.75) is 19.2 Å². The van der Waals surface area contributed by atoms with E-state index in [1.54, 1.807) is 5.43 Å². The van der Waals surface area contributed by atoms with Crippen LogP contribution in [0.5, 0.6) is 0 Å². The van der Waals surface area contributed by atoms with Crippen molar-refractivity contribution in [1.82, 2.24) is 5.43 Å². The summed E-state index contributed by atoms with van der Waals surface area (Å²) in [6.07, 6.45) is -7.58. The largest absolute Gasteiger partial charge is 0.464 e. The lowest BCUT2D eigenvalue weighted by molar-refractivity contribution is -0.137. The lowest BCUT2D eigenvalue weighted by Gasteiger charge is -2.16. The maximum absolute atomic E-state index is 13.5. The second-order valence-corrected chi connectivity index (χ2v) is 5.35. The summed E-state index contributed by atoms with van der Waals surface area (Å²) in [7, 11) is 0. The molecule has 0 aliphatic rings. The molecule has 0 radical (unpaired) electrons. The molecule has 0 spiro atoms. The molecule has 3 N–H and O–H groups in total. The highest BCUT2D eigenvalue weighted by atomic mass is 19.4. The van der Waals surface area contributed by atoms with E-state index in [9.17, 15) is 27.5 Å². The average molecular weight is 370 g/mol. The Morgan fingerprint density at radius 2 is 1.77 bits per heavy atom. The number of nitrogens with one attached hydrogen (secondary N) is 1. The van der Waals surface area contributed by atoms with Crippen LogP contribution in [-0.4, -0.2) is 28.1 Å². The number of hydrogen-bond donors (Lipinski definition) is 3. The fraction of sp³-hybridized carbons (Fsp3) is 0.176. The first-order valence-electron chi connectivity index (χ1n) is 7.31. The third-order valence-electron chi connectivity index (χ3n) is 3.44. The number of halogens is 4. The van der Waals surface area contributed by atoms with Crippen LogP contribution >= 0.6 is 0 Å². The zero-order chi connectivity index (χ0) is 19.5. The van der Waals surface area contributed by atoms with E-state index in [1.807, 2.05) is 0 Å². The number of carboxylic acid groups (broad SMARTS) is 1. The third-order valence-corrected chi connectivity index (χ3v) is 3.44. The van der Waals surface area contributed by atoms with E-state index < -0.39 is 29.8 Å². The van der Waals surface area contributed by atoms with Gasteiger partial charge in [-0.2, -0.15) is 18.3 Å². The van der Waals surface area contributed by atoms with Gasteiger partial charge in [-0.25, -0.2) is 14.6 Å². The van der Waals surface area contributed by atoms with Crippen molar-refractivity contribution in [3.05, 3.63) is 59.4 Å². The van der Waals surface area contributed by atoms with E-state index >= 15 is 0 Å². The van der Waals surface area contributed by atoms with E-state index in [1.165, 1.54) is 25.1 Å². The van der Waals surface area contributed by atoms with Crippen molar-refractivity contribution in [3.63, 3.8) is 0 Å². The summed E-state index contributed by atoms with van der Waals surface area (Å²) in [5.41, 5.74) is 0.230. The molecule has 0 aromatic heterocycles. The minimum atomic E-state index is -4.73. The number of benzene rings is 2. The molecule has 2 rings (SSSR count). The number of nitrogens with zero attached hydrogens (tertiary/aromatic N) is 1. The average Bonchev–Trinajstić information content (AvgIpc) is 2.54. The first-order valence-corrected chi connectivity index (χ1v) is 7.31. The number of alkyl halides is 3. The van der Waals surface area contributed by atoms with Gasteiger partial charge < -0.3 is 10.2 Å². The Labute approximate surface area is 145 Å². The number of rotatable bonds is 4. The van der Waals surface area contributed by atoms with Gasteiger partial charge >= 0.3 is 12.3 Å². The van der Waals surface area contributed by atoms with Crippen LogP contribution in [0.1, 0.15) is 18.1 Å². The molecule has 0 aliphatic heterocycles. The molecule has 0 fully saturated rings. The highest BCUT2D eigenvalue weighted by Crippen LogP contribution is 2.38. The maximum Gasteiger partial charge on any atom is 0.425 e. The van der Waals surface area contributed by atoms with Gasteiger partial charge in [0, 0.05) is 5.56 Å². The zero-order valence-electron chi connectivity index (χ0n) is 13.4. The molecule has 1 atom stereocenters. The molecule has 26 heavy (non-hydrogen) atoms. The smallest absolute Gasteiger partial charge is 0.425 e. The molecule has 0 unspecified atom stereocenters. The van der Waals surface area contributed by atoms with Crippen molar-refractivity contribution < 1.29 is 32.6 Å². The second kappa shape index (κ2) is 7.52. The van der Waals surface area contributed by atoms with Gasteiger partial charge in [0.2, 0.25) is 0 Å². The van der Waals surface area contributed by atoms with Gasteiger partial charge in [-0.1, -0.05) is 24.3 Å². The fourth-order valence-electron chi connectivity index (χ4n) is 2.33. The van der Waals surface area contributed by atoms with Crippen LogP contribution in [0.2, 0.25) is 0 Å². The van der Waals surface area contributed by atoms with Crippen LogP contribution in [-0.2, 0) is 6.18 Å². The minimum Gasteiger partial charge on any atom is -0.464 e. The van der Waals surface area contributed by atoms with Gasteiger partial charge in [0.1, 0.15) is 5.82 Å². The lowest BCUT2D eigenvalue weighted by Crippen LogP contribution is -2.24. The maximum atomic E-state index is 13.5. The first kappa shape index (κ1) is 19.4. The topological polar surface area (TPSA) is 81.9 Å². The number of aliphatic hydroxyl groups excluding tert-OH is 1. The van der Waals surface area contributed by atoms with Crippen LogP contribution in [0.15, 0.2) is 47.6 Å². The van der Waals surface area contributed by atoms with Crippen LogP contribution in [0, 0.1) is 5.82 Å². The summed E-state index contributed by atoms with van der Waals surface area (Å²) in [6, 6.07) is 7.71. The molecule has 0 aliphatic carbocycles. The summed E-state index contributed by atoms with van der Waals surface area (Å²) in [4.78, 5) is 10.5. The summed E-state index contributed by atoms with van der Waals surface area (Å²) in [5, 5.41) is 21.7. The van der Waals surface area contributed by atoms with Crippen molar-refractivity contribution in [2.75, 3.05) is 0 Å². The molecule has 1 amide bonds. The minimum absolute atomic E-state index is 0.105. The molecule has 138 valence electrons.